The molecular weight excluding hydrogens is 657 g/mol. The number of ether oxygens (including phenoxy) is 3. The van der Waals surface area contributed by atoms with Crippen molar-refractivity contribution in [2.45, 2.75) is 89.7 Å². The van der Waals surface area contributed by atoms with Gasteiger partial charge >= 0.3 is 5.97 Å². The predicted octanol–water partition coefficient (Wildman–Crippen LogP) is 5.81. The fourth-order valence-electron chi connectivity index (χ4n) is 8.26. The first-order valence-corrected chi connectivity index (χ1v) is 19.3. The molecule has 2 saturated carbocycles. The summed E-state index contributed by atoms with van der Waals surface area (Å²) in [4.78, 5) is 29.9. The summed E-state index contributed by atoms with van der Waals surface area (Å²) in [5.74, 6) is 0.801. The molecule has 2 aromatic carbocycles. The maximum atomic E-state index is 14.7. The highest BCUT2D eigenvalue weighted by Gasteiger charge is 2.57. The van der Waals surface area contributed by atoms with Crippen LogP contribution in [-0.2, 0) is 31.0 Å². The SMILES string of the molecule is COc1ccc2c(c1)C1CCC1(C(=O)N(C)CCOCCN(C)S(N)(=O)=O)Cn1c-2c(C2CCCCC2)c2ccc(C(=O)OC(C)(C)C)cc21. The van der Waals surface area contributed by atoms with Crippen LogP contribution in [-0.4, -0.2) is 87.2 Å². The first-order valence-electron chi connectivity index (χ1n) is 17.8. The first-order chi connectivity index (χ1) is 23.6. The van der Waals surface area contributed by atoms with Gasteiger partial charge in [0.25, 0.3) is 10.2 Å². The molecule has 3 aromatic rings. The van der Waals surface area contributed by atoms with E-state index < -0.39 is 21.2 Å². The quantitative estimate of drug-likeness (QED) is 0.196. The maximum absolute atomic E-state index is 14.7. The number of fused-ring (bicyclic) bond motifs is 7. The van der Waals surface area contributed by atoms with Crippen LogP contribution in [0.1, 0.15) is 99.0 Å². The molecule has 1 aromatic heterocycles. The summed E-state index contributed by atoms with van der Waals surface area (Å²) in [6.45, 7) is 6.99. The van der Waals surface area contributed by atoms with Crippen LogP contribution in [0, 0.1) is 5.41 Å². The number of nitrogens with zero attached hydrogens (tertiary/aromatic N) is 3. The van der Waals surface area contributed by atoms with Gasteiger partial charge < -0.3 is 23.7 Å². The largest absolute Gasteiger partial charge is 0.497 e. The Bertz CT molecular complexity index is 1880. The lowest BCUT2D eigenvalue weighted by molar-refractivity contribution is -0.150. The van der Waals surface area contributed by atoms with Crippen molar-refractivity contribution in [2.24, 2.45) is 10.6 Å². The van der Waals surface area contributed by atoms with Crippen molar-refractivity contribution < 1.29 is 32.2 Å². The Morgan fingerprint density at radius 2 is 1.72 bits per heavy atom. The third-order valence-corrected chi connectivity index (χ3v) is 12.0. The van der Waals surface area contributed by atoms with Crippen LogP contribution in [0.3, 0.4) is 0 Å². The topological polar surface area (TPSA) is 133 Å². The summed E-state index contributed by atoms with van der Waals surface area (Å²) in [5, 5.41) is 6.31. The normalized spacial score (nSPS) is 20.8. The Kier molecular flexibility index (Phi) is 10.1. The van der Waals surface area contributed by atoms with Crippen molar-refractivity contribution >= 4 is 33.0 Å². The summed E-state index contributed by atoms with van der Waals surface area (Å²) < 4.78 is 43.7. The lowest BCUT2D eigenvalue weighted by Crippen LogP contribution is -2.53. The Balaban J connectivity index is 1.42. The van der Waals surface area contributed by atoms with Gasteiger partial charge in [0.2, 0.25) is 5.91 Å². The van der Waals surface area contributed by atoms with E-state index >= 15 is 0 Å². The van der Waals surface area contributed by atoms with E-state index in [0.717, 1.165) is 63.5 Å². The second-order valence-corrected chi connectivity index (χ2v) is 17.0. The Morgan fingerprint density at radius 3 is 2.36 bits per heavy atom. The average Bonchev–Trinajstić information content (AvgIpc) is 3.34. The summed E-state index contributed by atoms with van der Waals surface area (Å²) >= 11 is 0. The highest BCUT2D eigenvalue weighted by molar-refractivity contribution is 7.86. The zero-order valence-electron chi connectivity index (χ0n) is 30.3. The monoisotopic (exact) mass is 708 g/mol. The van der Waals surface area contributed by atoms with Gasteiger partial charge in [-0.05, 0) is 93.8 Å². The van der Waals surface area contributed by atoms with Crippen LogP contribution >= 0.6 is 0 Å². The second-order valence-electron chi connectivity index (χ2n) is 15.3. The van der Waals surface area contributed by atoms with Crippen molar-refractivity contribution in [3.63, 3.8) is 0 Å². The molecule has 6 rings (SSSR count). The summed E-state index contributed by atoms with van der Waals surface area (Å²) in [7, 11) is 1.10. The van der Waals surface area contributed by atoms with Crippen molar-refractivity contribution in [3.8, 4) is 17.0 Å². The molecule has 12 heteroatoms. The van der Waals surface area contributed by atoms with Crippen molar-refractivity contribution in [1.82, 2.24) is 13.8 Å². The second kappa shape index (κ2) is 13.9. The van der Waals surface area contributed by atoms with Crippen LogP contribution in [0.2, 0.25) is 0 Å². The van der Waals surface area contributed by atoms with Gasteiger partial charge in [-0.25, -0.2) is 9.93 Å². The number of rotatable bonds is 11. The molecule has 2 fully saturated rings. The molecule has 1 aliphatic heterocycles. The van der Waals surface area contributed by atoms with Gasteiger partial charge in [0.15, 0.2) is 0 Å². The van der Waals surface area contributed by atoms with E-state index in [1.807, 2.05) is 46.0 Å². The number of aromatic nitrogens is 1. The van der Waals surface area contributed by atoms with E-state index in [1.54, 1.807) is 12.0 Å². The van der Waals surface area contributed by atoms with Crippen LogP contribution in [0.15, 0.2) is 36.4 Å². The highest BCUT2D eigenvalue weighted by atomic mass is 32.2. The smallest absolute Gasteiger partial charge is 0.338 e. The van der Waals surface area contributed by atoms with E-state index in [4.69, 9.17) is 19.3 Å². The molecule has 11 nitrogen and oxygen atoms in total. The number of hydrogen-bond acceptors (Lipinski definition) is 7. The van der Waals surface area contributed by atoms with E-state index in [1.165, 1.54) is 31.9 Å². The van der Waals surface area contributed by atoms with Crippen LogP contribution in [0.5, 0.6) is 5.75 Å². The number of methoxy groups -OCH3 is 1. The van der Waals surface area contributed by atoms with E-state index in [9.17, 15) is 18.0 Å². The molecular formula is C38H52N4O7S. The molecule has 50 heavy (non-hydrogen) atoms. The molecule has 0 radical (unpaired) electrons. The number of hydrogen-bond donors (Lipinski definition) is 1. The molecule has 272 valence electrons. The molecule has 2 N–H and O–H groups in total. The standard InChI is InChI=1S/C38H52N4O7S/c1-37(2,3)49-35(43)26-12-14-29-32(22-26)42-24-38(36(44)40(4)18-20-48-21-19-41(5)50(39,45)46)17-16-31(38)30-23-27(47-6)13-15-28(30)34(42)33(29)25-10-8-7-9-11-25/h12-15,22-23,25,31H,7-11,16-21,24H2,1-6H3,(H2,39,45,46). The number of nitrogens with two attached hydrogens (primary N) is 1. The molecule has 1 amide bonds. The summed E-state index contributed by atoms with van der Waals surface area (Å²) in [6, 6.07) is 12.2. The van der Waals surface area contributed by atoms with Crippen LogP contribution < -0.4 is 9.88 Å². The third-order valence-electron chi connectivity index (χ3n) is 11.0. The van der Waals surface area contributed by atoms with Gasteiger partial charge in [-0.2, -0.15) is 12.7 Å². The van der Waals surface area contributed by atoms with Gasteiger partial charge in [0.05, 0.1) is 37.0 Å². The summed E-state index contributed by atoms with van der Waals surface area (Å²) in [6.07, 6.45) is 7.40. The first kappa shape index (κ1) is 36.3. The zero-order valence-corrected chi connectivity index (χ0v) is 31.1. The van der Waals surface area contributed by atoms with Gasteiger partial charge in [-0.3, -0.25) is 4.79 Å². The molecule has 3 aliphatic rings. The van der Waals surface area contributed by atoms with Gasteiger partial charge in [0, 0.05) is 56.1 Å². The predicted molar refractivity (Wildman–Crippen MR) is 194 cm³/mol. The molecule has 0 saturated heterocycles. The summed E-state index contributed by atoms with van der Waals surface area (Å²) in [5.41, 5.74) is 4.83. The Morgan fingerprint density at radius 1 is 1.00 bits per heavy atom. The lowest BCUT2D eigenvalue weighted by Gasteiger charge is -2.49. The van der Waals surface area contributed by atoms with Gasteiger partial charge in [0.1, 0.15) is 11.4 Å². The number of carbonyl (C=O) groups excluding carboxylic acids is 2. The third kappa shape index (κ3) is 6.91. The average molecular weight is 709 g/mol. The van der Waals surface area contributed by atoms with Crippen molar-refractivity contribution in [2.75, 3.05) is 47.5 Å². The van der Waals surface area contributed by atoms with Gasteiger partial charge in [-0.1, -0.05) is 25.3 Å². The molecule has 0 bridgehead atoms. The molecule has 2 atom stereocenters. The number of amides is 1. The number of carbonyl (C=O) groups is 2. The number of likely N-dealkylation sites (N-methyl/N-ethyl adjacent to an activating group) is 2. The van der Waals surface area contributed by atoms with E-state index in [0.29, 0.717) is 24.6 Å². The molecule has 2 unspecified atom stereocenters. The Hall–Kier alpha value is -3.45. The van der Waals surface area contributed by atoms with Crippen molar-refractivity contribution in [3.05, 3.63) is 53.1 Å². The fourth-order valence-corrected chi connectivity index (χ4v) is 8.59. The minimum Gasteiger partial charge on any atom is -0.497 e. The minimum absolute atomic E-state index is 0.0185. The van der Waals surface area contributed by atoms with E-state index in [-0.39, 0.29) is 37.6 Å². The molecule has 0 spiro atoms. The molecule has 2 aliphatic carbocycles. The van der Waals surface area contributed by atoms with Crippen LogP contribution in [0.4, 0.5) is 0 Å². The van der Waals surface area contributed by atoms with Gasteiger partial charge in [-0.15, -0.1) is 0 Å². The number of esters is 1. The highest BCUT2D eigenvalue weighted by Crippen LogP contribution is 2.61. The lowest BCUT2D eigenvalue weighted by atomic mass is 9.56. The zero-order chi connectivity index (χ0) is 36.0. The fraction of sp³-hybridized carbons (Fsp3) is 0.579. The van der Waals surface area contributed by atoms with Crippen molar-refractivity contribution in [1.29, 1.82) is 0 Å². The maximum Gasteiger partial charge on any atom is 0.338 e. The molecule has 2 heterocycles. The number of benzene rings is 2. The minimum atomic E-state index is -3.78. The van der Waals surface area contributed by atoms with E-state index in [2.05, 4.69) is 22.8 Å². The Labute approximate surface area is 296 Å². The van der Waals surface area contributed by atoms with Crippen LogP contribution in [0.25, 0.3) is 22.2 Å².